The van der Waals surface area contributed by atoms with E-state index in [-0.39, 0.29) is 25.2 Å². The minimum absolute atomic E-state index is 0.0624. The van der Waals surface area contributed by atoms with Gasteiger partial charge in [0.05, 0.1) is 6.61 Å². The van der Waals surface area contributed by atoms with Crippen LogP contribution in [0.25, 0.3) is 0 Å². The van der Waals surface area contributed by atoms with E-state index in [4.69, 9.17) is 9.47 Å². The van der Waals surface area contributed by atoms with Crippen molar-refractivity contribution in [3.05, 3.63) is 12.2 Å². The lowest BCUT2D eigenvalue weighted by molar-refractivity contribution is -0.161. The summed E-state index contributed by atoms with van der Waals surface area (Å²) in [5, 5.41) is 9.54. The van der Waals surface area contributed by atoms with E-state index >= 15 is 0 Å². The largest absolute Gasteiger partial charge is 0.462 e. The highest BCUT2D eigenvalue weighted by molar-refractivity contribution is 5.70. The van der Waals surface area contributed by atoms with Crippen molar-refractivity contribution in [3.63, 3.8) is 0 Å². The van der Waals surface area contributed by atoms with Gasteiger partial charge in [-0.2, -0.15) is 0 Å². The summed E-state index contributed by atoms with van der Waals surface area (Å²) in [4.78, 5) is 24.2. The van der Waals surface area contributed by atoms with E-state index in [1.807, 2.05) is 0 Å². The number of carbonyl (C=O) groups is 2. The summed E-state index contributed by atoms with van der Waals surface area (Å²) < 4.78 is 10.6. The molecule has 0 spiro atoms. The van der Waals surface area contributed by atoms with Crippen LogP contribution in [0.4, 0.5) is 0 Å². The Hall–Kier alpha value is -1.36. The molecular formula is C39H74O5. The Bertz CT molecular complexity index is 632. The Kier molecular flexibility index (Phi) is 35.0. The summed E-state index contributed by atoms with van der Waals surface area (Å²) in [6, 6.07) is 0. The number of esters is 2. The number of unbranched alkanes of at least 4 members (excludes halogenated alkanes) is 25. The van der Waals surface area contributed by atoms with E-state index in [1.165, 1.54) is 141 Å². The molecule has 44 heavy (non-hydrogen) atoms. The molecule has 0 saturated carbocycles. The summed E-state index contributed by atoms with van der Waals surface area (Å²) in [6.07, 6.45) is 39.8. The van der Waals surface area contributed by atoms with E-state index in [9.17, 15) is 14.7 Å². The zero-order valence-electron chi connectivity index (χ0n) is 29.4. The van der Waals surface area contributed by atoms with Gasteiger partial charge in [0.2, 0.25) is 0 Å². The molecule has 260 valence electrons. The third-order valence-corrected chi connectivity index (χ3v) is 8.56. The summed E-state index contributed by atoms with van der Waals surface area (Å²) in [6.45, 7) is 4.13. The molecule has 0 aromatic carbocycles. The van der Waals surface area contributed by atoms with Crippen LogP contribution in [0.2, 0.25) is 0 Å². The molecule has 0 saturated heterocycles. The smallest absolute Gasteiger partial charge is 0.306 e. The van der Waals surface area contributed by atoms with Crippen molar-refractivity contribution >= 4 is 11.9 Å². The van der Waals surface area contributed by atoms with Crippen LogP contribution >= 0.6 is 0 Å². The van der Waals surface area contributed by atoms with Gasteiger partial charge in [0.15, 0.2) is 6.10 Å². The fourth-order valence-corrected chi connectivity index (χ4v) is 5.61. The molecule has 0 aliphatic heterocycles. The molecule has 0 aromatic heterocycles. The van der Waals surface area contributed by atoms with Crippen molar-refractivity contribution in [2.75, 3.05) is 13.2 Å². The quantitative estimate of drug-likeness (QED) is 0.0432. The predicted molar refractivity (Wildman–Crippen MR) is 187 cm³/mol. The number of carbonyl (C=O) groups excluding carboxylic acids is 2. The van der Waals surface area contributed by atoms with Gasteiger partial charge in [-0.1, -0.05) is 167 Å². The summed E-state index contributed by atoms with van der Waals surface area (Å²) >= 11 is 0. The third-order valence-electron chi connectivity index (χ3n) is 8.56. The Labute approximate surface area is 273 Å². The van der Waals surface area contributed by atoms with Crippen LogP contribution < -0.4 is 0 Å². The zero-order chi connectivity index (χ0) is 32.2. The molecule has 0 aliphatic carbocycles. The maximum atomic E-state index is 12.1. The highest BCUT2D eigenvalue weighted by Gasteiger charge is 2.16. The van der Waals surface area contributed by atoms with Crippen molar-refractivity contribution in [1.29, 1.82) is 0 Å². The topological polar surface area (TPSA) is 72.8 Å². The van der Waals surface area contributed by atoms with Gasteiger partial charge in [-0.25, -0.2) is 0 Å². The highest BCUT2D eigenvalue weighted by Crippen LogP contribution is 2.15. The maximum Gasteiger partial charge on any atom is 0.306 e. The first kappa shape index (κ1) is 42.6. The van der Waals surface area contributed by atoms with Gasteiger partial charge in [0.25, 0.3) is 0 Å². The van der Waals surface area contributed by atoms with Crippen molar-refractivity contribution in [3.8, 4) is 0 Å². The summed E-state index contributed by atoms with van der Waals surface area (Å²) in [5.74, 6) is -0.586. The normalized spacial score (nSPS) is 12.2. The standard InChI is InChI=1S/C39H74O5/c1-3-5-7-9-11-13-15-17-19-21-23-25-27-29-31-33-38(41)43-36-37(35-40)44-39(42)34-32-30-28-26-24-22-20-18-16-14-12-10-8-6-4-2/h13,15,37,40H,3-12,14,16-36H2,1-2H3/b15-13-/t37-/m0/s1. The maximum absolute atomic E-state index is 12.1. The predicted octanol–water partition coefficient (Wildman–Crippen LogP) is 11.7. The fourth-order valence-electron chi connectivity index (χ4n) is 5.61. The number of hydrogen-bond acceptors (Lipinski definition) is 5. The fraction of sp³-hybridized carbons (Fsp3) is 0.897. The number of aliphatic hydroxyl groups is 1. The van der Waals surface area contributed by atoms with E-state index in [0.29, 0.717) is 12.8 Å². The van der Waals surface area contributed by atoms with E-state index in [2.05, 4.69) is 26.0 Å². The molecule has 1 N–H and O–H groups in total. The number of allylic oxidation sites excluding steroid dienone is 2. The molecule has 0 fully saturated rings. The lowest BCUT2D eigenvalue weighted by Crippen LogP contribution is -2.28. The molecule has 0 unspecified atom stereocenters. The average molecular weight is 623 g/mol. The van der Waals surface area contributed by atoms with E-state index < -0.39 is 6.10 Å². The van der Waals surface area contributed by atoms with Crippen LogP contribution in [0.3, 0.4) is 0 Å². The van der Waals surface area contributed by atoms with Crippen LogP contribution in [0.15, 0.2) is 12.2 Å². The van der Waals surface area contributed by atoms with Gasteiger partial charge in [-0.3, -0.25) is 9.59 Å². The Morgan fingerprint density at radius 2 is 0.841 bits per heavy atom. The van der Waals surface area contributed by atoms with Crippen molar-refractivity contribution in [2.45, 2.75) is 213 Å². The second-order valence-electron chi connectivity index (χ2n) is 13.0. The first-order valence-corrected chi connectivity index (χ1v) is 19.2. The van der Waals surface area contributed by atoms with Crippen molar-refractivity contribution in [2.24, 2.45) is 0 Å². The van der Waals surface area contributed by atoms with Crippen molar-refractivity contribution in [1.82, 2.24) is 0 Å². The first-order chi connectivity index (χ1) is 21.6. The minimum Gasteiger partial charge on any atom is -0.462 e. The van der Waals surface area contributed by atoms with E-state index in [0.717, 1.165) is 38.5 Å². The SMILES string of the molecule is CCCCCC/C=C\CCCCCCCCCC(=O)OC[C@H](CO)OC(=O)CCCCCCCCCCCCCCCCC. The molecule has 0 radical (unpaired) electrons. The Balaban J connectivity index is 3.53. The molecule has 0 bridgehead atoms. The molecular weight excluding hydrogens is 548 g/mol. The summed E-state index contributed by atoms with van der Waals surface area (Å²) in [5.41, 5.74) is 0. The van der Waals surface area contributed by atoms with Gasteiger partial charge in [-0.05, 0) is 38.5 Å². The minimum atomic E-state index is -0.765. The first-order valence-electron chi connectivity index (χ1n) is 19.2. The van der Waals surface area contributed by atoms with Crippen LogP contribution in [0.1, 0.15) is 206 Å². The van der Waals surface area contributed by atoms with Gasteiger partial charge in [0, 0.05) is 12.8 Å². The third kappa shape index (κ3) is 33.5. The molecule has 0 heterocycles. The van der Waals surface area contributed by atoms with Crippen molar-refractivity contribution < 1.29 is 24.2 Å². The number of ether oxygens (including phenoxy) is 2. The van der Waals surface area contributed by atoms with Gasteiger partial charge < -0.3 is 14.6 Å². The second kappa shape index (κ2) is 36.1. The lowest BCUT2D eigenvalue weighted by Gasteiger charge is -2.15. The Morgan fingerprint density at radius 3 is 1.25 bits per heavy atom. The number of aliphatic hydroxyl groups excluding tert-OH is 1. The summed E-state index contributed by atoms with van der Waals surface area (Å²) in [7, 11) is 0. The van der Waals surface area contributed by atoms with Crippen LogP contribution in [-0.2, 0) is 19.1 Å². The molecule has 0 amide bonds. The highest BCUT2D eigenvalue weighted by atomic mass is 16.6. The van der Waals surface area contributed by atoms with Crippen LogP contribution in [0, 0.1) is 0 Å². The molecule has 0 rings (SSSR count). The average Bonchev–Trinajstić information content (AvgIpc) is 3.02. The van der Waals surface area contributed by atoms with Gasteiger partial charge >= 0.3 is 11.9 Å². The lowest BCUT2D eigenvalue weighted by atomic mass is 10.0. The molecule has 1 atom stereocenters. The molecule has 5 heteroatoms. The molecule has 0 aliphatic rings. The van der Waals surface area contributed by atoms with Crippen LogP contribution in [0.5, 0.6) is 0 Å². The number of hydrogen-bond donors (Lipinski definition) is 1. The Morgan fingerprint density at radius 1 is 0.500 bits per heavy atom. The van der Waals surface area contributed by atoms with Gasteiger partial charge in [0.1, 0.15) is 6.61 Å². The molecule has 5 nitrogen and oxygen atoms in total. The molecule has 0 aromatic rings. The van der Waals surface area contributed by atoms with Crippen LogP contribution in [-0.4, -0.2) is 36.4 Å². The second-order valence-corrected chi connectivity index (χ2v) is 13.0. The zero-order valence-corrected chi connectivity index (χ0v) is 29.4. The van der Waals surface area contributed by atoms with E-state index in [1.54, 1.807) is 0 Å². The monoisotopic (exact) mass is 623 g/mol. The van der Waals surface area contributed by atoms with Gasteiger partial charge in [-0.15, -0.1) is 0 Å². The number of rotatable bonds is 35.